The fourth-order valence-corrected chi connectivity index (χ4v) is 1.26. The van der Waals surface area contributed by atoms with Crippen molar-refractivity contribution in [1.82, 2.24) is 5.48 Å². The van der Waals surface area contributed by atoms with Gasteiger partial charge in [0.15, 0.2) is 12.7 Å². The minimum absolute atomic E-state index is 0.267. The molecule has 1 fully saturated rings. The lowest BCUT2D eigenvalue weighted by Gasteiger charge is -2.10. The zero-order valence-corrected chi connectivity index (χ0v) is 8.34. The summed E-state index contributed by atoms with van der Waals surface area (Å²) in [7, 11) is 0. The first-order valence-electron chi connectivity index (χ1n) is 4.59. The van der Waals surface area contributed by atoms with Crippen LogP contribution in [0, 0.1) is 0 Å². The molecule has 1 saturated heterocycles. The molecule has 0 aromatic carbocycles. The number of carboxylic acids is 1. The molecule has 0 saturated carbocycles. The molecular formula is C8H12N2O6. The van der Waals surface area contributed by atoms with E-state index in [-0.39, 0.29) is 6.42 Å². The highest BCUT2D eigenvalue weighted by molar-refractivity contribution is 5.82. The van der Waals surface area contributed by atoms with Gasteiger partial charge in [0, 0.05) is 0 Å². The Balaban J connectivity index is 2.28. The van der Waals surface area contributed by atoms with Crippen molar-refractivity contribution in [2.75, 3.05) is 6.61 Å². The van der Waals surface area contributed by atoms with Gasteiger partial charge >= 0.3 is 5.97 Å². The van der Waals surface area contributed by atoms with E-state index in [0.717, 1.165) is 0 Å². The Morgan fingerprint density at radius 2 is 2.00 bits per heavy atom. The number of carbonyl (C=O) groups is 3. The average molecular weight is 232 g/mol. The van der Waals surface area contributed by atoms with Crippen molar-refractivity contribution in [3.05, 3.63) is 0 Å². The van der Waals surface area contributed by atoms with Crippen LogP contribution in [-0.4, -0.2) is 41.7 Å². The maximum Gasteiger partial charge on any atom is 0.332 e. The number of nitrogens with two attached hydrogens (primary N) is 1. The van der Waals surface area contributed by atoms with Crippen LogP contribution in [0.15, 0.2) is 0 Å². The zero-order valence-electron chi connectivity index (χ0n) is 8.34. The van der Waals surface area contributed by atoms with E-state index in [1.165, 1.54) is 0 Å². The first-order chi connectivity index (χ1) is 7.50. The van der Waals surface area contributed by atoms with Crippen molar-refractivity contribution in [3.8, 4) is 0 Å². The number of hydrogen-bond acceptors (Lipinski definition) is 5. The second-order valence-electron chi connectivity index (χ2n) is 3.25. The van der Waals surface area contributed by atoms with Crippen molar-refractivity contribution in [3.63, 3.8) is 0 Å². The molecule has 1 aliphatic heterocycles. The number of primary amides is 1. The highest BCUT2D eigenvalue weighted by atomic mass is 16.7. The number of rotatable bonds is 5. The van der Waals surface area contributed by atoms with E-state index >= 15 is 0 Å². The lowest BCUT2D eigenvalue weighted by Crippen LogP contribution is -2.37. The molecule has 2 atom stereocenters. The largest absolute Gasteiger partial charge is 0.479 e. The number of ether oxygens (including phenoxy) is 1. The summed E-state index contributed by atoms with van der Waals surface area (Å²) >= 11 is 0. The second kappa shape index (κ2) is 5.42. The third kappa shape index (κ3) is 3.48. The molecule has 1 heterocycles. The van der Waals surface area contributed by atoms with E-state index in [9.17, 15) is 14.4 Å². The molecule has 1 aliphatic rings. The number of hydrogen-bond donors (Lipinski definition) is 3. The Hall–Kier alpha value is -1.67. The monoisotopic (exact) mass is 232 g/mol. The minimum atomic E-state index is -1.10. The fourth-order valence-electron chi connectivity index (χ4n) is 1.26. The summed E-state index contributed by atoms with van der Waals surface area (Å²) in [5.74, 6) is -2.45. The Morgan fingerprint density at radius 3 is 2.50 bits per heavy atom. The van der Waals surface area contributed by atoms with E-state index in [1.54, 1.807) is 0 Å². The molecule has 4 N–H and O–H groups in total. The third-order valence-corrected chi connectivity index (χ3v) is 1.97. The van der Waals surface area contributed by atoms with E-state index in [4.69, 9.17) is 15.6 Å². The van der Waals surface area contributed by atoms with Gasteiger partial charge in [-0.15, -0.1) is 0 Å². The Kier molecular flexibility index (Phi) is 4.20. The number of aliphatic carboxylic acids is 1. The highest BCUT2D eigenvalue weighted by Gasteiger charge is 2.34. The maximum absolute atomic E-state index is 11.3. The van der Waals surface area contributed by atoms with Crippen molar-refractivity contribution < 1.29 is 29.1 Å². The van der Waals surface area contributed by atoms with Gasteiger partial charge < -0.3 is 15.6 Å². The molecule has 0 spiro atoms. The number of hydroxylamine groups is 1. The quantitative estimate of drug-likeness (QED) is 0.477. The van der Waals surface area contributed by atoms with E-state index < -0.39 is 36.6 Å². The summed E-state index contributed by atoms with van der Waals surface area (Å²) in [4.78, 5) is 36.6. The number of carboxylic acid groups (broad SMARTS) is 1. The smallest absolute Gasteiger partial charge is 0.332 e. The second-order valence-corrected chi connectivity index (χ2v) is 3.25. The van der Waals surface area contributed by atoms with Gasteiger partial charge in [-0.3, -0.25) is 14.4 Å². The van der Waals surface area contributed by atoms with Gasteiger partial charge in [0.25, 0.3) is 5.91 Å². The molecule has 2 unspecified atom stereocenters. The molecule has 1 rings (SSSR count). The average Bonchev–Trinajstić information content (AvgIpc) is 2.65. The van der Waals surface area contributed by atoms with Crippen LogP contribution in [0.3, 0.4) is 0 Å². The van der Waals surface area contributed by atoms with Crippen molar-refractivity contribution in [2.45, 2.75) is 25.0 Å². The molecular weight excluding hydrogens is 220 g/mol. The topological polar surface area (TPSA) is 128 Å². The predicted octanol–water partition coefficient (Wildman–Crippen LogP) is -1.85. The van der Waals surface area contributed by atoms with Gasteiger partial charge in [-0.25, -0.2) is 10.3 Å². The van der Waals surface area contributed by atoms with Gasteiger partial charge in [0.1, 0.15) is 6.10 Å². The van der Waals surface area contributed by atoms with E-state index in [0.29, 0.717) is 6.42 Å². The third-order valence-electron chi connectivity index (χ3n) is 1.97. The maximum atomic E-state index is 11.3. The molecule has 8 nitrogen and oxygen atoms in total. The van der Waals surface area contributed by atoms with Crippen LogP contribution in [0.25, 0.3) is 0 Å². The van der Waals surface area contributed by atoms with Crippen LogP contribution in [0.1, 0.15) is 12.8 Å². The molecule has 0 radical (unpaired) electrons. The molecule has 2 amide bonds. The van der Waals surface area contributed by atoms with Gasteiger partial charge in [0.05, 0.1) is 0 Å². The van der Waals surface area contributed by atoms with Crippen LogP contribution in [0.2, 0.25) is 0 Å². The van der Waals surface area contributed by atoms with Crippen LogP contribution >= 0.6 is 0 Å². The summed E-state index contributed by atoms with van der Waals surface area (Å²) in [6.07, 6.45) is -1.27. The molecule has 0 aromatic heterocycles. The van der Waals surface area contributed by atoms with Crippen molar-refractivity contribution >= 4 is 17.8 Å². The summed E-state index contributed by atoms with van der Waals surface area (Å²) in [5, 5.41) is 8.61. The molecule has 0 bridgehead atoms. The number of nitrogens with one attached hydrogen (secondary N) is 1. The molecule has 8 heteroatoms. The van der Waals surface area contributed by atoms with Crippen LogP contribution in [0.4, 0.5) is 0 Å². The summed E-state index contributed by atoms with van der Waals surface area (Å²) in [5.41, 5.74) is 6.73. The lowest BCUT2D eigenvalue weighted by molar-refractivity contribution is -0.155. The molecule has 90 valence electrons. The van der Waals surface area contributed by atoms with Gasteiger partial charge in [-0.1, -0.05) is 0 Å². The SMILES string of the molecule is NC(=O)CONC(=O)C1CCC(C(=O)O)O1. The van der Waals surface area contributed by atoms with Crippen LogP contribution < -0.4 is 11.2 Å². The van der Waals surface area contributed by atoms with E-state index in [1.807, 2.05) is 5.48 Å². The van der Waals surface area contributed by atoms with Crippen molar-refractivity contribution in [1.29, 1.82) is 0 Å². The summed E-state index contributed by atoms with van der Waals surface area (Å²) in [6, 6.07) is 0. The first kappa shape index (κ1) is 12.4. The predicted molar refractivity (Wildman–Crippen MR) is 48.8 cm³/mol. The lowest BCUT2D eigenvalue weighted by atomic mass is 10.2. The Bertz CT molecular complexity index is 305. The van der Waals surface area contributed by atoms with Gasteiger partial charge in [0.2, 0.25) is 5.91 Å². The van der Waals surface area contributed by atoms with Gasteiger partial charge in [-0.05, 0) is 12.8 Å². The number of carbonyl (C=O) groups excluding carboxylic acids is 2. The van der Waals surface area contributed by atoms with Crippen LogP contribution in [-0.2, 0) is 24.0 Å². The highest BCUT2D eigenvalue weighted by Crippen LogP contribution is 2.19. The molecule has 0 aromatic rings. The summed E-state index contributed by atoms with van der Waals surface area (Å²) < 4.78 is 4.93. The van der Waals surface area contributed by atoms with Gasteiger partial charge in [-0.2, -0.15) is 0 Å². The minimum Gasteiger partial charge on any atom is -0.479 e. The standard InChI is InChI=1S/C8H12N2O6/c9-6(11)3-15-10-7(12)4-1-2-5(16-4)8(13)14/h4-5H,1-3H2,(H2,9,11)(H,10,12)(H,13,14). The Morgan fingerprint density at radius 1 is 1.38 bits per heavy atom. The molecule has 16 heavy (non-hydrogen) atoms. The Labute approximate surface area is 90.6 Å². The molecule has 0 aliphatic carbocycles. The fraction of sp³-hybridized carbons (Fsp3) is 0.625. The summed E-state index contributed by atoms with van der Waals surface area (Å²) in [6.45, 7) is -0.444. The van der Waals surface area contributed by atoms with Crippen LogP contribution in [0.5, 0.6) is 0 Å². The number of amides is 2. The van der Waals surface area contributed by atoms with E-state index in [2.05, 4.69) is 4.84 Å². The normalized spacial score (nSPS) is 24.0. The van der Waals surface area contributed by atoms with Crippen molar-refractivity contribution in [2.24, 2.45) is 5.73 Å². The first-order valence-corrected chi connectivity index (χ1v) is 4.59. The zero-order chi connectivity index (χ0) is 12.1.